The molecule has 0 saturated carbocycles. The molecule has 32 heavy (non-hydrogen) atoms. The third kappa shape index (κ3) is 6.92. The van der Waals surface area contributed by atoms with Crippen molar-refractivity contribution in [2.75, 3.05) is 23.8 Å². The highest BCUT2D eigenvalue weighted by Crippen LogP contribution is 2.18. The number of benzene rings is 3. The monoisotopic (exact) mass is 499 g/mol. The van der Waals surface area contributed by atoms with Crippen LogP contribution in [0.2, 0.25) is 0 Å². The van der Waals surface area contributed by atoms with E-state index in [9.17, 15) is 18.8 Å². The van der Waals surface area contributed by atoms with Crippen LogP contribution >= 0.6 is 15.9 Å². The lowest BCUT2D eigenvalue weighted by molar-refractivity contribution is -0.118. The Morgan fingerprint density at radius 1 is 0.812 bits per heavy atom. The first kappa shape index (κ1) is 23.0. The molecule has 0 unspecified atom stereocenters. The van der Waals surface area contributed by atoms with Gasteiger partial charge in [-0.05, 0) is 60.7 Å². The summed E-state index contributed by atoms with van der Waals surface area (Å²) in [6.07, 6.45) is 0. The number of amides is 3. The van der Waals surface area contributed by atoms with Crippen LogP contribution in [0.3, 0.4) is 0 Å². The molecule has 0 saturated heterocycles. The normalized spacial score (nSPS) is 10.2. The van der Waals surface area contributed by atoms with Gasteiger partial charge in [-0.1, -0.05) is 28.1 Å². The van der Waals surface area contributed by atoms with Crippen molar-refractivity contribution in [3.63, 3.8) is 0 Å². The molecule has 7 nitrogen and oxygen atoms in total. The first-order chi connectivity index (χ1) is 15.4. The van der Waals surface area contributed by atoms with Crippen molar-refractivity contribution in [2.45, 2.75) is 0 Å². The van der Waals surface area contributed by atoms with Gasteiger partial charge >= 0.3 is 0 Å². The average molecular weight is 500 g/mol. The van der Waals surface area contributed by atoms with E-state index < -0.39 is 17.6 Å². The van der Waals surface area contributed by atoms with Gasteiger partial charge in [0.05, 0.1) is 12.1 Å². The van der Waals surface area contributed by atoms with Crippen molar-refractivity contribution in [3.05, 3.63) is 88.6 Å². The van der Waals surface area contributed by atoms with Crippen molar-refractivity contribution >= 4 is 45.0 Å². The number of carbonyl (C=O) groups excluding carboxylic acids is 3. The molecule has 9 heteroatoms. The number of ether oxygens (including phenoxy) is 1. The largest absolute Gasteiger partial charge is 0.483 e. The van der Waals surface area contributed by atoms with Crippen LogP contribution in [-0.4, -0.2) is 30.9 Å². The number of anilines is 2. The first-order valence-electron chi connectivity index (χ1n) is 9.51. The number of hydrogen-bond acceptors (Lipinski definition) is 4. The lowest BCUT2D eigenvalue weighted by atomic mass is 10.2. The Bertz CT molecular complexity index is 1100. The summed E-state index contributed by atoms with van der Waals surface area (Å²) in [6, 6.07) is 18.7. The molecule has 0 atom stereocenters. The molecular formula is C23H19BrFN3O4. The van der Waals surface area contributed by atoms with Crippen molar-refractivity contribution in [1.29, 1.82) is 0 Å². The zero-order valence-electron chi connectivity index (χ0n) is 16.7. The number of nitrogens with one attached hydrogen (secondary N) is 3. The van der Waals surface area contributed by atoms with Crippen LogP contribution < -0.4 is 20.7 Å². The molecule has 3 aromatic carbocycles. The zero-order valence-corrected chi connectivity index (χ0v) is 18.3. The molecule has 164 valence electrons. The SMILES string of the molecule is O=C(CNC(=O)c1ccccc1OCC(=O)Nc1ccc(Br)cc1)Nc1ccc(F)cc1. The van der Waals surface area contributed by atoms with E-state index in [1.807, 2.05) is 0 Å². The molecule has 0 spiro atoms. The van der Waals surface area contributed by atoms with E-state index in [0.29, 0.717) is 11.4 Å². The predicted octanol–water partition coefficient (Wildman–Crippen LogP) is 3.97. The number of carbonyl (C=O) groups is 3. The molecule has 3 aromatic rings. The number of rotatable bonds is 8. The molecular weight excluding hydrogens is 481 g/mol. The summed E-state index contributed by atoms with van der Waals surface area (Å²) >= 11 is 3.32. The second-order valence-corrected chi connectivity index (χ2v) is 7.49. The van der Waals surface area contributed by atoms with E-state index in [-0.39, 0.29) is 30.4 Å². The highest BCUT2D eigenvalue weighted by Gasteiger charge is 2.14. The fraction of sp³-hybridized carbons (Fsp3) is 0.0870. The summed E-state index contributed by atoms with van der Waals surface area (Å²) in [5.74, 6) is -1.62. The maximum atomic E-state index is 12.9. The summed E-state index contributed by atoms with van der Waals surface area (Å²) < 4.78 is 19.3. The zero-order chi connectivity index (χ0) is 22.9. The quantitative estimate of drug-likeness (QED) is 0.436. The molecule has 0 radical (unpaired) electrons. The van der Waals surface area contributed by atoms with Crippen LogP contribution in [-0.2, 0) is 9.59 Å². The van der Waals surface area contributed by atoms with E-state index in [4.69, 9.17) is 4.74 Å². The van der Waals surface area contributed by atoms with Crippen LogP contribution in [0, 0.1) is 5.82 Å². The number of hydrogen-bond donors (Lipinski definition) is 3. The number of para-hydroxylation sites is 1. The van der Waals surface area contributed by atoms with Crippen LogP contribution in [0.5, 0.6) is 5.75 Å². The Morgan fingerprint density at radius 2 is 1.41 bits per heavy atom. The topological polar surface area (TPSA) is 96.5 Å². The minimum absolute atomic E-state index is 0.179. The Morgan fingerprint density at radius 3 is 2.09 bits per heavy atom. The summed E-state index contributed by atoms with van der Waals surface area (Å²) in [4.78, 5) is 36.7. The van der Waals surface area contributed by atoms with E-state index >= 15 is 0 Å². The highest BCUT2D eigenvalue weighted by molar-refractivity contribution is 9.10. The van der Waals surface area contributed by atoms with Crippen molar-refractivity contribution in [2.24, 2.45) is 0 Å². The van der Waals surface area contributed by atoms with E-state index in [0.717, 1.165) is 4.47 Å². The Labute approximate surface area is 192 Å². The minimum atomic E-state index is -0.539. The van der Waals surface area contributed by atoms with E-state index in [2.05, 4.69) is 31.9 Å². The second kappa shape index (κ2) is 11.1. The fourth-order valence-electron chi connectivity index (χ4n) is 2.65. The van der Waals surface area contributed by atoms with Crippen LogP contribution in [0.25, 0.3) is 0 Å². The van der Waals surface area contributed by atoms with Gasteiger partial charge in [-0.3, -0.25) is 14.4 Å². The van der Waals surface area contributed by atoms with Gasteiger partial charge in [-0.25, -0.2) is 4.39 Å². The molecule has 3 amide bonds. The van der Waals surface area contributed by atoms with Gasteiger partial charge in [0.2, 0.25) is 5.91 Å². The Hall–Kier alpha value is -3.72. The summed E-state index contributed by atoms with van der Waals surface area (Å²) in [5.41, 5.74) is 1.20. The van der Waals surface area contributed by atoms with Gasteiger partial charge in [0.25, 0.3) is 11.8 Å². The highest BCUT2D eigenvalue weighted by atomic mass is 79.9. The van der Waals surface area contributed by atoms with Gasteiger partial charge in [0.1, 0.15) is 11.6 Å². The smallest absolute Gasteiger partial charge is 0.262 e. The molecule has 0 heterocycles. The molecule has 0 aliphatic carbocycles. The van der Waals surface area contributed by atoms with Gasteiger partial charge in [-0.15, -0.1) is 0 Å². The van der Waals surface area contributed by atoms with Gasteiger partial charge in [0.15, 0.2) is 6.61 Å². The standard InChI is InChI=1S/C23H19BrFN3O4/c24-15-5-9-17(10-6-15)28-22(30)14-32-20-4-2-1-3-19(20)23(31)26-13-21(29)27-18-11-7-16(25)8-12-18/h1-12H,13-14H2,(H,26,31)(H,27,29)(H,28,30). The number of halogens is 2. The molecule has 0 aliphatic rings. The first-order valence-corrected chi connectivity index (χ1v) is 10.3. The lowest BCUT2D eigenvalue weighted by Gasteiger charge is -2.12. The van der Waals surface area contributed by atoms with Crippen molar-refractivity contribution in [1.82, 2.24) is 5.32 Å². The van der Waals surface area contributed by atoms with Gasteiger partial charge < -0.3 is 20.7 Å². The van der Waals surface area contributed by atoms with Crippen LogP contribution in [0.4, 0.5) is 15.8 Å². The molecule has 0 aliphatic heterocycles. The van der Waals surface area contributed by atoms with Crippen molar-refractivity contribution < 1.29 is 23.5 Å². The molecule has 3 rings (SSSR count). The van der Waals surface area contributed by atoms with Crippen LogP contribution in [0.1, 0.15) is 10.4 Å². The Balaban J connectivity index is 1.52. The molecule has 0 bridgehead atoms. The molecule has 3 N–H and O–H groups in total. The Kier molecular flexibility index (Phi) is 7.93. The third-order valence-corrected chi connectivity index (χ3v) is 4.68. The maximum Gasteiger partial charge on any atom is 0.262 e. The molecule has 0 aromatic heterocycles. The third-order valence-electron chi connectivity index (χ3n) is 4.16. The summed E-state index contributed by atoms with van der Waals surface area (Å²) in [7, 11) is 0. The summed E-state index contributed by atoms with van der Waals surface area (Å²) in [5, 5.41) is 7.74. The molecule has 0 fully saturated rings. The second-order valence-electron chi connectivity index (χ2n) is 6.58. The average Bonchev–Trinajstić information content (AvgIpc) is 2.79. The summed E-state index contributed by atoms with van der Waals surface area (Å²) in [6.45, 7) is -0.597. The minimum Gasteiger partial charge on any atom is -0.483 e. The van der Waals surface area contributed by atoms with Gasteiger partial charge in [-0.2, -0.15) is 0 Å². The van der Waals surface area contributed by atoms with E-state index in [1.54, 1.807) is 42.5 Å². The van der Waals surface area contributed by atoms with Gasteiger partial charge in [0, 0.05) is 15.8 Å². The van der Waals surface area contributed by atoms with Crippen LogP contribution in [0.15, 0.2) is 77.3 Å². The van der Waals surface area contributed by atoms with Crippen molar-refractivity contribution in [3.8, 4) is 5.75 Å². The van der Waals surface area contributed by atoms with E-state index in [1.165, 1.54) is 30.3 Å². The fourth-order valence-corrected chi connectivity index (χ4v) is 2.91. The predicted molar refractivity (Wildman–Crippen MR) is 122 cm³/mol. The lowest BCUT2D eigenvalue weighted by Crippen LogP contribution is -2.33. The maximum absolute atomic E-state index is 12.9.